The predicted octanol–water partition coefficient (Wildman–Crippen LogP) is 5.10. The number of benzene rings is 2. The Bertz CT molecular complexity index is 1130. The zero-order valence-electron chi connectivity index (χ0n) is 19.1. The van der Waals surface area contributed by atoms with E-state index in [2.05, 4.69) is 53.6 Å². The summed E-state index contributed by atoms with van der Waals surface area (Å²) < 4.78 is 13.5. The first-order valence-corrected chi connectivity index (χ1v) is 11.7. The second kappa shape index (κ2) is 8.13. The number of nitrogens with one attached hydrogen (secondary N) is 2. The molecular formula is C27H32FN3O. The van der Waals surface area contributed by atoms with E-state index in [4.69, 9.17) is 0 Å². The quantitative estimate of drug-likeness (QED) is 0.602. The van der Waals surface area contributed by atoms with Gasteiger partial charge in [-0.2, -0.15) is 0 Å². The number of H-pyrrole nitrogens is 1. The molecule has 0 radical (unpaired) electrons. The van der Waals surface area contributed by atoms with Crippen LogP contribution in [0.2, 0.25) is 0 Å². The standard InChI is InChI=1S/C27H32FN3O/c1-17(32)24-16-22-21-6-4-5-7-23(21)29-26(22)27(30-24)14-12-19(13-15-27)25(31(2)3)18-8-10-20(28)11-9-18/h4-11,19,24-25,29-30H,12-16H2,1-3H3. The number of carbonyl (C=O) groups excluding carboxylic acids is 1. The number of carbonyl (C=O) groups is 1. The summed E-state index contributed by atoms with van der Waals surface area (Å²) in [6, 6.07) is 15.5. The molecule has 1 aromatic heterocycles. The van der Waals surface area contributed by atoms with Crippen molar-refractivity contribution >= 4 is 16.7 Å². The number of hydrogen-bond donors (Lipinski definition) is 2. The van der Waals surface area contributed by atoms with Crippen LogP contribution in [0.1, 0.15) is 55.5 Å². The van der Waals surface area contributed by atoms with Crippen LogP contribution in [0.3, 0.4) is 0 Å². The molecule has 2 N–H and O–H groups in total. The molecule has 4 nitrogen and oxygen atoms in total. The molecule has 168 valence electrons. The van der Waals surface area contributed by atoms with Crippen LogP contribution >= 0.6 is 0 Å². The second-order valence-corrected chi connectivity index (χ2v) is 9.92. The van der Waals surface area contributed by atoms with E-state index in [-0.39, 0.29) is 29.2 Å². The van der Waals surface area contributed by atoms with Crippen LogP contribution in [-0.4, -0.2) is 35.8 Å². The number of hydrogen-bond acceptors (Lipinski definition) is 3. The molecule has 5 rings (SSSR count). The van der Waals surface area contributed by atoms with E-state index in [0.29, 0.717) is 5.92 Å². The van der Waals surface area contributed by atoms with Crippen molar-refractivity contribution in [1.29, 1.82) is 0 Å². The number of nitrogens with zero attached hydrogens (tertiary/aromatic N) is 1. The van der Waals surface area contributed by atoms with E-state index in [9.17, 15) is 9.18 Å². The van der Waals surface area contributed by atoms with Crippen molar-refractivity contribution in [2.75, 3.05) is 14.1 Å². The summed E-state index contributed by atoms with van der Waals surface area (Å²) in [7, 11) is 4.22. The molecule has 3 aromatic rings. The molecule has 2 atom stereocenters. The third-order valence-corrected chi connectivity index (χ3v) is 7.74. The largest absolute Gasteiger partial charge is 0.357 e. The highest BCUT2D eigenvalue weighted by molar-refractivity contribution is 5.88. The van der Waals surface area contributed by atoms with Gasteiger partial charge in [-0.25, -0.2) is 4.39 Å². The molecule has 2 aliphatic rings. The van der Waals surface area contributed by atoms with Gasteiger partial charge in [-0.1, -0.05) is 30.3 Å². The summed E-state index contributed by atoms with van der Waals surface area (Å²) in [5.41, 5.74) is 4.71. The summed E-state index contributed by atoms with van der Waals surface area (Å²) in [6.07, 6.45) is 4.80. The third-order valence-electron chi connectivity index (χ3n) is 7.74. The molecule has 0 amide bonds. The number of rotatable bonds is 4. The Morgan fingerprint density at radius 3 is 2.44 bits per heavy atom. The summed E-state index contributed by atoms with van der Waals surface area (Å²) in [4.78, 5) is 18.4. The van der Waals surface area contributed by atoms with Crippen molar-refractivity contribution in [3.8, 4) is 0 Å². The molecule has 1 aliphatic carbocycles. The van der Waals surface area contributed by atoms with Gasteiger partial charge in [0, 0.05) is 22.6 Å². The highest BCUT2D eigenvalue weighted by atomic mass is 19.1. The first-order valence-electron chi connectivity index (χ1n) is 11.7. The average Bonchev–Trinajstić information content (AvgIpc) is 3.16. The van der Waals surface area contributed by atoms with Crippen LogP contribution in [0.25, 0.3) is 10.9 Å². The van der Waals surface area contributed by atoms with Crippen molar-refractivity contribution in [1.82, 2.24) is 15.2 Å². The topological polar surface area (TPSA) is 48.1 Å². The fourth-order valence-corrected chi connectivity index (χ4v) is 6.22. The van der Waals surface area contributed by atoms with Crippen molar-refractivity contribution in [2.45, 2.75) is 56.7 Å². The monoisotopic (exact) mass is 433 g/mol. The highest BCUT2D eigenvalue weighted by Crippen LogP contribution is 2.48. The smallest absolute Gasteiger partial charge is 0.147 e. The highest BCUT2D eigenvalue weighted by Gasteiger charge is 2.46. The fourth-order valence-electron chi connectivity index (χ4n) is 6.22. The van der Waals surface area contributed by atoms with Crippen LogP contribution in [-0.2, 0) is 16.8 Å². The molecule has 32 heavy (non-hydrogen) atoms. The molecule has 0 bridgehead atoms. The molecule has 2 unspecified atom stereocenters. The average molecular weight is 434 g/mol. The Morgan fingerprint density at radius 1 is 1.09 bits per heavy atom. The SMILES string of the molecule is CC(=O)C1Cc2c([nH]c3ccccc23)C2(CCC(C(c3ccc(F)cc3)N(C)C)CC2)N1. The first-order chi connectivity index (χ1) is 15.4. The van der Waals surface area contributed by atoms with E-state index in [1.807, 2.05) is 12.1 Å². The van der Waals surface area contributed by atoms with E-state index >= 15 is 0 Å². The molecule has 1 spiro atoms. The lowest BCUT2D eigenvalue weighted by atomic mass is 9.68. The van der Waals surface area contributed by atoms with E-state index in [1.54, 1.807) is 19.1 Å². The number of ketones is 1. The molecule has 2 heterocycles. The van der Waals surface area contributed by atoms with E-state index in [1.165, 1.54) is 22.2 Å². The van der Waals surface area contributed by atoms with Gasteiger partial charge in [0.05, 0.1) is 11.6 Å². The van der Waals surface area contributed by atoms with Gasteiger partial charge in [0.25, 0.3) is 0 Å². The number of halogens is 1. The van der Waals surface area contributed by atoms with Gasteiger partial charge in [-0.3, -0.25) is 10.1 Å². The maximum Gasteiger partial charge on any atom is 0.147 e. The first kappa shape index (κ1) is 21.4. The molecule has 2 aromatic carbocycles. The molecule has 0 saturated heterocycles. The van der Waals surface area contributed by atoms with Gasteiger partial charge in [0.1, 0.15) is 11.6 Å². The predicted molar refractivity (Wildman–Crippen MR) is 126 cm³/mol. The fraction of sp³-hybridized carbons (Fsp3) is 0.444. The molecule has 1 saturated carbocycles. The Balaban J connectivity index is 1.47. The number of Topliss-reactive ketones (excluding diaryl/α,β-unsaturated/α-hetero) is 1. The maximum absolute atomic E-state index is 13.5. The number of fused-ring (bicyclic) bond motifs is 4. The zero-order chi connectivity index (χ0) is 22.5. The summed E-state index contributed by atoms with van der Waals surface area (Å²) in [5, 5.41) is 5.02. The summed E-state index contributed by atoms with van der Waals surface area (Å²) in [6.45, 7) is 1.70. The van der Waals surface area contributed by atoms with Gasteiger partial charge in [0.15, 0.2) is 0 Å². The van der Waals surface area contributed by atoms with Crippen molar-refractivity contribution in [3.63, 3.8) is 0 Å². The van der Waals surface area contributed by atoms with Crippen molar-refractivity contribution < 1.29 is 9.18 Å². The van der Waals surface area contributed by atoms with Crippen molar-refractivity contribution in [3.05, 3.63) is 71.2 Å². The van der Waals surface area contributed by atoms with Gasteiger partial charge in [-0.15, -0.1) is 0 Å². The molecular weight excluding hydrogens is 401 g/mol. The minimum absolute atomic E-state index is 0.139. The number of aromatic nitrogens is 1. The van der Waals surface area contributed by atoms with Crippen LogP contribution < -0.4 is 5.32 Å². The minimum Gasteiger partial charge on any atom is -0.357 e. The van der Waals surface area contributed by atoms with E-state index in [0.717, 1.165) is 37.6 Å². The Labute approximate surface area is 189 Å². The van der Waals surface area contributed by atoms with Gasteiger partial charge < -0.3 is 9.88 Å². The number of para-hydroxylation sites is 1. The van der Waals surface area contributed by atoms with Gasteiger partial charge in [0.2, 0.25) is 0 Å². The maximum atomic E-state index is 13.5. The normalized spacial score (nSPS) is 26.4. The van der Waals surface area contributed by atoms with Gasteiger partial charge >= 0.3 is 0 Å². The Morgan fingerprint density at radius 2 is 1.78 bits per heavy atom. The number of aromatic amines is 1. The summed E-state index contributed by atoms with van der Waals surface area (Å²) >= 11 is 0. The van der Waals surface area contributed by atoms with Crippen LogP contribution in [0.5, 0.6) is 0 Å². The molecule has 5 heteroatoms. The lowest BCUT2D eigenvalue weighted by Gasteiger charge is -2.48. The lowest BCUT2D eigenvalue weighted by molar-refractivity contribution is -0.120. The van der Waals surface area contributed by atoms with E-state index < -0.39 is 0 Å². The summed E-state index contributed by atoms with van der Waals surface area (Å²) in [5.74, 6) is 0.496. The van der Waals surface area contributed by atoms with Crippen LogP contribution in [0, 0.1) is 11.7 Å². The second-order valence-electron chi connectivity index (χ2n) is 9.92. The molecule has 1 aliphatic heterocycles. The Hall–Kier alpha value is -2.50. The van der Waals surface area contributed by atoms with Crippen LogP contribution in [0.4, 0.5) is 4.39 Å². The van der Waals surface area contributed by atoms with Crippen molar-refractivity contribution in [2.24, 2.45) is 5.92 Å². The molecule has 1 fully saturated rings. The van der Waals surface area contributed by atoms with Crippen LogP contribution in [0.15, 0.2) is 48.5 Å². The third kappa shape index (κ3) is 3.57. The lowest BCUT2D eigenvalue weighted by Crippen LogP contribution is -2.57. The minimum atomic E-state index is -0.195. The van der Waals surface area contributed by atoms with Gasteiger partial charge in [-0.05, 0) is 88.4 Å². The zero-order valence-corrected chi connectivity index (χ0v) is 19.1. The Kier molecular flexibility index (Phi) is 5.42.